The molecule has 1 amide bonds. The molecule has 0 aliphatic heterocycles. The maximum Gasteiger partial charge on any atom is 0.252 e. The Balaban J connectivity index is 1.70. The van der Waals surface area contributed by atoms with Crippen molar-refractivity contribution in [3.05, 3.63) is 27.7 Å². The first-order valence-electron chi connectivity index (χ1n) is 6.54. The van der Waals surface area contributed by atoms with E-state index < -0.39 is 0 Å². The number of halogens is 2. The summed E-state index contributed by atoms with van der Waals surface area (Å²) in [5.41, 5.74) is 6.87. The summed E-state index contributed by atoms with van der Waals surface area (Å²) < 4.78 is 0. The molecule has 19 heavy (non-hydrogen) atoms. The molecule has 1 aromatic carbocycles. The van der Waals surface area contributed by atoms with E-state index in [2.05, 4.69) is 5.32 Å². The number of benzene rings is 1. The molecule has 0 saturated heterocycles. The fourth-order valence-electron chi connectivity index (χ4n) is 2.71. The van der Waals surface area contributed by atoms with Crippen molar-refractivity contribution in [3.63, 3.8) is 0 Å². The van der Waals surface area contributed by atoms with Gasteiger partial charge in [0.15, 0.2) is 0 Å². The minimum absolute atomic E-state index is 0.189. The molecule has 1 aromatic rings. The third kappa shape index (κ3) is 2.54. The number of carbonyl (C=O) groups excluding carboxylic acids is 1. The van der Waals surface area contributed by atoms with Crippen LogP contribution in [0.2, 0.25) is 10.0 Å². The Morgan fingerprint density at radius 1 is 1.37 bits per heavy atom. The third-order valence-electron chi connectivity index (χ3n) is 4.23. The van der Waals surface area contributed by atoms with Crippen molar-refractivity contribution >= 4 is 34.8 Å². The lowest BCUT2D eigenvalue weighted by atomic mass is 10.0. The van der Waals surface area contributed by atoms with E-state index in [1.54, 1.807) is 12.1 Å². The van der Waals surface area contributed by atoms with Crippen LogP contribution < -0.4 is 11.1 Å². The number of nitrogen functional groups attached to an aromatic ring is 1. The van der Waals surface area contributed by atoms with Gasteiger partial charge in [0.2, 0.25) is 0 Å². The summed E-state index contributed by atoms with van der Waals surface area (Å²) in [6.07, 6.45) is 5.06. The quantitative estimate of drug-likeness (QED) is 0.836. The molecular weight excluding hydrogens is 283 g/mol. The largest absolute Gasteiger partial charge is 0.399 e. The average Bonchev–Trinajstić information content (AvgIpc) is 3.23. The Kier molecular flexibility index (Phi) is 3.14. The monoisotopic (exact) mass is 298 g/mol. The Labute approximate surface area is 122 Å². The van der Waals surface area contributed by atoms with Gasteiger partial charge in [-0.1, -0.05) is 23.2 Å². The number of nitrogens with two attached hydrogens (primary N) is 1. The van der Waals surface area contributed by atoms with Gasteiger partial charge in [-0.15, -0.1) is 0 Å². The normalized spacial score (nSPS) is 20.1. The van der Waals surface area contributed by atoms with Crippen molar-refractivity contribution in [1.82, 2.24) is 5.32 Å². The minimum Gasteiger partial charge on any atom is -0.399 e. The molecule has 5 heteroatoms. The van der Waals surface area contributed by atoms with Gasteiger partial charge >= 0.3 is 0 Å². The van der Waals surface area contributed by atoms with Gasteiger partial charge in [-0.3, -0.25) is 4.79 Å². The van der Waals surface area contributed by atoms with E-state index >= 15 is 0 Å². The second-order valence-electron chi connectivity index (χ2n) is 5.68. The standard InChI is InChI=1S/C14H16Cl2N2O/c15-11-6-9(17)5-10(12(11)16)13(19)18-7-14(3-4-14)8-1-2-8/h5-6,8H,1-4,7,17H2,(H,18,19). The van der Waals surface area contributed by atoms with Gasteiger partial charge in [-0.05, 0) is 49.1 Å². The predicted octanol–water partition coefficient (Wildman–Crippen LogP) is 3.50. The second-order valence-corrected chi connectivity index (χ2v) is 6.47. The maximum absolute atomic E-state index is 12.2. The Morgan fingerprint density at radius 3 is 2.63 bits per heavy atom. The number of amides is 1. The molecule has 0 radical (unpaired) electrons. The van der Waals surface area contributed by atoms with Crippen molar-refractivity contribution in [1.29, 1.82) is 0 Å². The van der Waals surface area contributed by atoms with Crippen LogP contribution in [0.15, 0.2) is 12.1 Å². The van der Waals surface area contributed by atoms with E-state index in [0.29, 0.717) is 21.7 Å². The molecule has 3 N–H and O–H groups in total. The van der Waals surface area contributed by atoms with Crippen molar-refractivity contribution in [3.8, 4) is 0 Å². The van der Waals surface area contributed by atoms with Gasteiger partial charge in [-0.25, -0.2) is 0 Å². The minimum atomic E-state index is -0.189. The molecule has 0 bridgehead atoms. The molecule has 2 fully saturated rings. The molecule has 2 aliphatic carbocycles. The number of anilines is 1. The number of hydrogen-bond donors (Lipinski definition) is 2. The Bertz CT molecular complexity index is 536. The molecule has 0 aromatic heterocycles. The molecule has 3 rings (SSSR count). The zero-order chi connectivity index (χ0) is 13.6. The summed E-state index contributed by atoms with van der Waals surface area (Å²) in [5.74, 6) is 0.624. The molecule has 102 valence electrons. The molecule has 0 spiro atoms. The van der Waals surface area contributed by atoms with Gasteiger partial charge in [0.05, 0.1) is 15.6 Å². The molecule has 3 nitrogen and oxygen atoms in total. The van der Waals surface area contributed by atoms with Crippen molar-refractivity contribution in [2.24, 2.45) is 11.3 Å². The van der Waals surface area contributed by atoms with Crippen LogP contribution in [0, 0.1) is 11.3 Å². The zero-order valence-corrected chi connectivity index (χ0v) is 12.0. The first kappa shape index (κ1) is 13.1. The summed E-state index contributed by atoms with van der Waals surface area (Å²) in [6.45, 7) is 0.735. The lowest BCUT2D eigenvalue weighted by Crippen LogP contribution is -2.31. The van der Waals surface area contributed by atoms with E-state index in [1.807, 2.05) is 0 Å². The third-order valence-corrected chi connectivity index (χ3v) is 5.03. The van der Waals surface area contributed by atoms with Gasteiger partial charge < -0.3 is 11.1 Å². The van der Waals surface area contributed by atoms with E-state index in [1.165, 1.54) is 25.7 Å². The molecule has 0 unspecified atom stereocenters. The van der Waals surface area contributed by atoms with Crippen molar-refractivity contribution in [2.45, 2.75) is 25.7 Å². The van der Waals surface area contributed by atoms with Crippen molar-refractivity contribution in [2.75, 3.05) is 12.3 Å². The Hall–Kier alpha value is -0.930. The molecule has 2 aliphatic rings. The van der Waals surface area contributed by atoms with E-state index in [4.69, 9.17) is 28.9 Å². The topological polar surface area (TPSA) is 55.1 Å². The maximum atomic E-state index is 12.2. The number of carbonyl (C=O) groups is 1. The number of hydrogen-bond acceptors (Lipinski definition) is 2. The fourth-order valence-corrected chi connectivity index (χ4v) is 3.14. The highest BCUT2D eigenvalue weighted by molar-refractivity contribution is 6.44. The van der Waals surface area contributed by atoms with Gasteiger partial charge in [0, 0.05) is 12.2 Å². The molecular formula is C14H16Cl2N2O. The molecule has 0 heterocycles. The van der Waals surface area contributed by atoms with Crippen LogP contribution in [0.25, 0.3) is 0 Å². The fraction of sp³-hybridized carbons (Fsp3) is 0.500. The smallest absolute Gasteiger partial charge is 0.252 e. The van der Waals surface area contributed by atoms with Crippen LogP contribution in [0.5, 0.6) is 0 Å². The first-order valence-corrected chi connectivity index (χ1v) is 7.30. The predicted molar refractivity (Wildman–Crippen MR) is 77.6 cm³/mol. The summed E-state index contributed by atoms with van der Waals surface area (Å²) in [5, 5.41) is 3.56. The summed E-state index contributed by atoms with van der Waals surface area (Å²) in [7, 11) is 0. The van der Waals surface area contributed by atoms with Crippen LogP contribution in [0.3, 0.4) is 0 Å². The lowest BCUT2D eigenvalue weighted by molar-refractivity contribution is 0.0943. The number of rotatable bonds is 4. The highest BCUT2D eigenvalue weighted by atomic mass is 35.5. The molecule has 0 atom stereocenters. The van der Waals surface area contributed by atoms with E-state index in [0.717, 1.165) is 12.5 Å². The van der Waals surface area contributed by atoms with Crippen LogP contribution in [0.1, 0.15) is 36.0 Å². The highest BCUT2D eigenvalue weighted by Crippen LogP contribution is 2.60. The summed E-state index contributed by atoms with van der Waals surface area (Å²) in [6, 6.07) is 3.12. The first-order chi connectivity index (χ1) is 9.02. The van der Waals surface area contributed by atoms with Gasteiger partial charge in [0.25, 0.3) is 5.91 Å². The summed E-state index contributed by atoms with van der Waals surface area (Å²) in [4.78, 5) is 12.2. The summed E-state index contributed by atoms with van der Waals surface area (Å²) >= 11 is 12.0. The van der Waals surface area contributed by atoms with E-state index in [9.17, 15) is 4.79 Å². The van der Waals surface area contributed by atoms with Crippen LogP contribution >= 0.6 is 23.2 Å². The van der Waals surface area contributed by atoms with Crippen molar-refractivity contribution < 1.29 is 4.79 Å². The van der Waals surface area contributed by atoms with Crippen LogP contribution in [-0.4, -0.2) is 12.5 Å². The number of nitrogens with one attached hydrogen (secondary N) is 1. The highest BCUT2D eigenvalue weighted by Gasteiger charge is 2.53. The SMILES string of the molecule is Nc1cc(Cl)c(Cl)c(C(=O)NCC2(C3CC3)CC2)c1. The van der Waals surface area contributed by atoms with Gasteiger partial charge in [0.1, 0.15) is 0 Å². The van der Waals surface area contributed by atoms with Crippen LogP contribution in [-0.2, 0) is 0 Å². The van der Waals surface area contributed by atoms with E-state index in [-0.39, 0.29) is 10.9 Å². The molecule has 2 saturated carbocycles. The second kappa shape index (κ2) is 4.57. The lowest BCUT2D eigenvalue weighted by Gasteiger charge is -2.15. The average molecular weight is 299 g/mol. The van der Waals surface area contributed by atoms with Gasteiger partial charge in [-0.2, -0.15) is 0 Å². The van der Waals surface area contributed by atoms with Crippen LogP contribution in [0.4, 0.5) is 5.69 Å². The Morgan fingerprint density at radius 2 is 2.05 bits per heavy atom. The zero-order valence-electron chi connectivity index (χ0n) is 10.5.